The monoisotopic (exact) mass is 190 g/mol. The van der Waals surface area contributed by atoms with Crippen LogP contribution in [0.25, 0.3) is 10.9 Å². The van der Waals surface area contributed by atoms with E-state index in [2.05, 4.69) is 0 Å². The fourth-order valence-electron chi connectivity index (χ4n) is 1.70. The highest BCUT2D eigenvalue weighted by Gasteiger charge is 2.06. The molecule has 0 aliphatic heterocycles. The molecule has 3 heteroatoms. The second-order valence-electron chi connectivity index (χ2n) is 3.66. The number of aromatic nitrogens is 1. The second-order valence-corrected chi connectivity index (χ2v) is 3.66. The minimum atomic E-state index is 0.0882. The van der Waals surface area contributed by atoms with Gasteiger partial charge in [-0.25, -0.2) is 0 Å². The first-order chi connectivity index (χ1) is 6.68. The van der Waals surface area contributed by atoms with Crippen molar-refractivity contribution in [2.24, 2.45) is 5.73 Å². The number of hydrogen-bond donors (Lipinski definition) is 2. The van der Waals surface area contributed by atoms with Crippen molar-refractivity contribution in [3.8, 4) is 5.75 Å². The summed E-state index contributed by atoms with van der Waals surface area (Å²) in [6.07, 6.45) is 1.95. The Balaban J connectivity index is 2.55. The Morgan fingerprint density at radius 1 is 1.43 bits per heavy atom. The van der Waals surface area contributed by atoms with Crippen molar-refractivity contribution in [1.82, 2.24) is 4.57 Å². The first kappa shape index (κ1) is 9.09. The number of nitrogens with zero attached hydrogens (tertiary/aromatic N) is 1. The number of aromatic hydroxyl groups is 1. The number of rotatable bonds is 2. The van der Waals surface area contributed by atoms with Gasteiger partial charge in [-0.1, -0.05) is 12.1 Å². The molecule has 1 atom stereocenters. The molecule has 0 radical (unpaired) electrons. The van der Waals surface area contributed by atoms with E-state index >= 15 is 0 Å². The third-order valence-corrected chi connectivity index (χ3v) is 2.25. The Morgan fingerprint density at radius 2 is 2.21 bits per heavy atom. The van der Waals surface area contributed by atoms with Crippen LogP contribution in [0.2, 0.25) is 0 Å². The fraction of sp³-hybridized carbons (Fsp3) is 0.273. The van der Waals surface area contributed by atoms with E-state index in [1.807, 2.05) is 35.9 Å². The van der Waals surface area contributed by atoms with Crippen LogP contribution in [-0.2, 0) is 6.54 Å². The molecule has 1 heterocycles. The average molecular weight is 190 g/mol. The molecule has 74 valence electrons. The molecule has 0 saturated carbocycles. The maximum Gasteiger partial charge on any atom is 0.139 e. The minimum Gasteiger partial charge on any atom is -0.506 e. The summed E-state index contributed by atoms with van der Waals surface area (Å²) in [4.78, 5) is 0. The molecule has 0 bridgehead atoms. The van der Waals surface area contributed by atoms with Gasteiger partial charge in [0.05, 0.1) is 5.52 Å². The summed E-state index contributed by atoms with van der Waals surface area (Å²) in [5, 5.41) is 10.7. The van der Waals surface area contributed by atoms with Crippen LogP contribution in [0.1, 0.15) is 6.92 Å². The maximum atomic E-state index is 9.69. The molecule has 3 N–H and O–H groups in total. The van der Waals surface area contributed by atoms with Crippen molar-refractivity contribution in [1.29, 1.82) is 0 Å². The molecule has 0 spiro atoms. The van der Waals surface area contributed by atoms with Crippen molar-refractivity contribution in [3.63, 3.8) is 0 Å². The highest BCUT2D eigenvalue weighted by Crippen LogP contribution is 2.25. The highest BCUT2D eigenvalue weighted by molar-refractivity contribution is 5.85. The molecule has 14 heavy (non-hydrogen) atoms. The smallest absolute Gasteiger partial charge is 0.139 e. The number of hydrogen-bond acceptors (Lipinski definition) is 2. The number of fused-ring (bicyclic) bond motifs is 1. The van der Waals surface area contributed by atoms with E-state index in [-0.39, 0.29) is 6.04 Å². The summed E-state index contributed by atoms with van der Waals surface area (Å²) in [6, 6.07) is 7.59. The first-order valence-corrected chi connectivity index (χ1v) is 4.71. The number of phenolic OH excluding ortho intramolecular Hbond substituents is 1. The second kappa shape index (κ2) is 3.35. The van der Waals surface area contributed by atoms with Crippen LogP contribution in [0.5, 0.6) is 5.75 Å². The molecular formula is C11H14N2O. The third-order valence-electron chi connectivity index (χ3n) is 2.25. The number of benzene rings is 1. The largest absolute Gasteiger partial charge is 0.506 e. The molecule has 3 nitrogen and oxygen atoms in total. The van der Waals surface area contributed by atoms with Gasteiger partial charge in [-0.2, -0.15) is 0 Å². The van der Waals surface area contributed by atoms with Crippen LogP contribution in [0.4, 0.5) is 0 Å². The van der Waals surface area contributed by atoms with Crippen molar-refractivity contribution < 1.29 is 5.11 Å². The van der Waals surface area contributed by atoms with Gasteiger partial charge < -0.3 is 15.4 Å². The lowest BCUT2D eigenvalue weighted by atomic mass is 10.2. The molecular weight excluding hydrogens is 176 g/mol. The van der Waals surface area contributed by atoms with Gasteiger partial charge in [0.2, 0.25) is 0 Å². The van der Waals surface area contributed by atoms with Crippen molar-refractivity contribution in [2.45, 2.75) is 19.5 Å². The van der Waals surface area contributed by atoms with Crippen LogP contribution in [0.3, 0.4) is 0 Å². The van der Waals surface area contributed by atoms with Crippen LogP contribution >= 0.6 is 0 Å². The Kier molecular flexibility index (Phi) is 2.17. The normalized spacial score (nSPS) is 13.3. The lowest BCUT2D eigenvalue weighted by Gasteiger charge is -2.09. The van der Waals surface area contributed by atoms with E-state index in [0.29, 0.717) is 5.75 Å². The standard InChI is InChI=1S/C11H14N2O/c1-8(12)7-13-6-5-9-3-2-4-10(14)11(9)13/h2-6,8,14H,7,12H2,1H3. The molecule has 0 fully saturated rings. The van der Waals surface area contributed by atoms with Crippen LogP contribution in [0.15, 0.2) is 30.5 Å². The summed E-state index contributed by atoms with van der Waals surface area (Å²) in [7, 11) is 0. The predicted molar refractivity (Wildman–Crippen MR) is 57.3 cm³/mol. The molecule has 0 amide bonds. The number of nitrogens with two attached hydrogens (primary N) is 1. The van der Waals surface area contributed by atoms with Crippen LogP contribution < -0.4 is 5.73 Å². The van der Waals surface area contributed by atoms with Gasteiger partial charge >= 0.3 is 0 Å². The summed E-state index contributed by atoms with van der Waals surface area (Å²) in [6.45, 7) is 2.67. The summed E-state index contributed by atoms with van der Waals surface area (Å²) < 4.78 is 1.98. The Labute approximate surface area is 82.8 Å². The van der Waals surface area contributed by atoms with Crippen LogP contribution in [-0.4, -0.2) is 15.7 Å². The predicted octanol–water partition coefficient (Wildman–Crippen LogP) is 1.69. The van der Waals surface area contributed by atoms with E-state index in [1.54, 1.807) is 6.07 Å². The fourth-order valence-corrected chi connectivity index (χ4v) is 1.70. The molecule has 0 aliphatic carbocycles. The molecule has 2 rings (SSSR count). The lowest BCUT2D eigenvalue weighted by molar-refractivity contribution is 0.476. The highest BCUT2D eigenvalue weighted by atomic mass is 16.3. The Bertz CT molecular complexity index is 445. The Morgan fingerprint density at radius 3 is 2.93 bits per heavy atom. The molecule has 0 saturated heterocycles. The summed E-state index contributed by atoms with van der Waals surface area (Å²) in [5.41, 5.74) is 6.59. The van der Waals surface area contributed by atoms with E-state index in [0.717, 1.165) is 17.4 Å². The van der Waals surface area contributed by atoms with E-state index in [1.165, 1.54) is 0 Å². The third kappa shape index (κ3) is 1.46. The summed E-state index contributed by atoms with van der Waals surface area (Å²) >= 11 is 0. The number of para-hydroxylation sites is 1. The van der Waals surface area contributed by atoms with Crippen LogP contribution in [0, 0.1) is 0 Å². The minimum absolute atomic E-state index is 0.0882. The average Bonchev–Trinajstić information content (AvgIpc) is 2.49. The van der Waals surface area contributed by atoms with E-state index in [4.69, 9.17) is 5.73 Å². The number of phenols is 1. The zero-order valence-corrected chi connectivity index (χ0v) is 8.14. The van der Waals surface area contributed by atoms with E-state index < -0.39 is 0 Å². The van der Waals surface area contributed by atoms with Crippen molar-refractivity contribution in [2.75, 3.05) is 0 Å². The zero-order chi connectivity index (χ0) is 10.1. The van der Waals surface area contributed by atoms with Crippen molar-refractivity contribution in [3.05, 3.63) is 30.5 Å². The maximum absolute atomic E-state index is 9.69. The first-order valence-electron chi connectivity index (χ1n) is 4.71. The van der Waals surface area contributed by atoms with Gasteiger partial charge in [-0.15, -0.1) is 0 Å². The topological polar surface area (TPSA) is 51.2 Å². The quantitative estimate of drug-likeness (QED) is 0.757. The molecule has 1 aromatic heterocycles. The van der Waals surface area contributed by atoms with Gasteiger partial charge in [0, 0.05) is 24.2 Å². The van der Waals surface area contributed by atoms with Gasteiger partial charge in [0.25, 0.3) is 0 Å². The zero-order valence-electron chi connectivity index (χ0n) is 8.14. The molecule has 2 aromatic rings. The van der Waals surface area contributed by atoms with E-state index in [9.17, 15) is 5.11 Å². The molecule has 1 unspecified atom stereocenters. The molecule has 0 aliphatic rings. The SMILES string of the molecule is CC(N)Cn1ccc2cccc(O)c21. The summed E-state index contributed by atoms with van der Waals surface area (Å²) in [5.74, 6) is 0.313. The van der Waals surface area contributed by atoms with Gasteiger partial charge in [-0.3, -0.25) is 0 Å². The van der Waals surface area contributed by atoms with Gasteiger partial charge in [0.1, 0.15) is 5.75 Å². The van der Waals surface area contributed by atoms with Gasteiger partial charge in [-0.05, 0) is 19.1 Å². The van der Waals surface area contributed by atoms with Gasteiger partial charge in [0.15, 0.2) is 0 Å². The lowest BCUT2D eigenvalue weighted by Crippen LogP contribution is -2.21. The Hall–Kier alpha value is -1.48. The molecule has 1 aromatic carbocycles. The van der Waals surface area contributed by atoms with Crippen molar-refractivity contribution >= 4 is 10.9 Å².